The maximum Gasteiger partial charge on any atom is 0.254 e. The summed E-state index contributed by atoms with van der Waals surface area (Å²) in [6, 6.07) is 7.30. The number of carbonyl (C=O) groups is 1. The summed E-state index contributed by atoms with van der Waals surface area (Å²) in [5, 5.41) is 0. The number of benzene rings is 1. The van der Waals surface area contributed by atoms with Crippen LogP contribution in [0.25, 0.3) is 0 Å². The third-order valence-electron chi connectivity index (χ3n) is 2.57. The van der Waals surface area contributed by atoms with E-state index >= 15 is 0 Å². The molecule has 0 aliphatic heterocycles. The molecule has 2 N–H and O–H groups in total. The minimum atomic E-state index is -0.00986. The smallest absolute Gasteiger partial charge is 0.254 e. The fourth-order valence-corrected chi connectivity index (χ4v) is 1.66. The third kappa shape index (κ3) is 3.46. The number of hydrogen-bond acceptors (Lipinski definition) is 3. The molecule has 0 radical (unpaired) electrons. The van der Waals surface area contributed by atoms with Gasteiger partial charge >= 0.3 is 0 Å². The molecule has 0 fully saturated rings. The summed E-state index contributed by atoms with van der Waals surface area (Å²) in [5.74, 6) is 0.677. The van der Waals surface area contributed by atoms with Crippen molar-refractivity contribution in [3.8, 4) is 5.75 Å². The van der Waals surface area contributed by atoms with Crippen molar-refractivity contribution in [2.24, 2.45) is 5.73 Å². The first-order chi connectivity index (χ1) is 8.10. The summed E-state index contributed by atoms with van der Waals surface area (Å²) in [4.78, 5) is 14.0. The molecular weight excluding hydrogens is 216 g/mol. The molecule has 94 valence electrons. The Bertz CT molecular complexity index is 377. The molecule has 0 saturated heterocycles. The van der Waals surface area contributed by atoms with E-state index in [-0.39, 0.29) is 11.9 Å². The van der Waals surface area contributed by atoms with E-state index in [2.05, 4.69) is 0 Å². The topological polar surface area (TPSA) is 55.6 Å². The van der Waals surface area contributed by atoms with E-state index in [1.165, 1.54) is 0 Å². The van der Waals surface area contributed by atoms with Crippen LogP contribution in [0.1, 0.15) is 24.2 Å². The van der Waals surface area contributed by atoms with Gasteiger partial charge in [-0.05, 0) is 32.0 Å². The minimum absolute atomic E-state index is 0.00986. The lowest BCUT2D eigenvalue weighted by molar-refractivity contribution is 0.0711. The quantitative estimate of drug-likeness (QED) is 0.843. The number of amides is 1. The Morgan fingerprint density at radius 2 is 2.18 bits per heavy atom. The zero-order chi connectivity index (χ0) is 12.8. The molecule has 4 nitrogen and oxygen atoms in total. The monoisotopic (exact) mass is 236 g/mol. The third-order valence-corrected chi connectivity index (χ3v) is 2.57. The van der Waals surface area contributed by atoms with Crippen molar-refractivity contribution in [1.29, 1.82) is 0 Å². The first-order valence-electron chi connectivity index (χ1n) is 5.75. The van der Waals surface area contributed by atoms with Gasteiger partial charge in [-0.25, -0.2) is 0 Å². The van der Waals surface area contributed by atoms with Crippen molar-refractivity contribution in [2.45, 2.75) is 19.9 Å². The van der Waals surface area contributed by atoms with Crippen LogP contribution in [0, 0.1) is 0 Å². The van der Waals surface area contributed by atoms with Crippen LogP contribution in [0.3, 0.4) is 0 Å². The average molecular weight is 236 g/mol. The normalized spacial score (nSPS) is 10.4. The number of methoxy groups -OCH3 is 1. The number of hydrogen-bond donors (Lipinski definition) is 1. The zero-order valence-electron chi connectivity index (χ0n) is 10.6. The summed E-state index contributed by atoms with van der Waals surface area (Å²) in [7, 11) is 1.59. The van der Waals surface area contributed by atoms with E-state index in [0.29, 0.717) is 24.4 Å². The molecule has 0 aromatic heterocycles. The molecule has 0 bridgehead atoms. The molecule has 0 atom stereocenters. The largest absolute Gasteiger partial charge is 0.497 e. The molecule has 1 rings (SSSR count). The summed E-state index contributed by atoms with van der Waals surface area (Å²) in [6.45, 7) is 4.99. The van der Waals surface area contributed by atoms with E-state index in [1.807, 2.05) is 26.0 Å². The van der Waals surface area contributed by atoms with E-state index in [9.17, 15) is 4.79 Å². The first-order valence-corrected chi connectivity index (χ1v) is 5.75. The van der Waals surface area contributed by atoms with Crippen LogP contribution in [0.4, 0.5) is 0 Å². The molecule has 4 heteroatoms. The summed E-state index contributed by atoms with van der Waals surface area (Å²) in [5.41, 5.74) is 6.15. The second kappa shape index (κ2) is 6.25. The van der Waals surface area contributed by atoms with Crippen LogP contribution in [-0.2, 0) is 0 Å². The Hall–Kier alpha value is -1.55. The Labute approximate surface area is 102 Å². The summed E-state index contributed by atoms with van der Waals surface area (Å²) >= 11 is 0. The number of nitrogens with two attached hydrogens (primary N) is 1. The van der Waals surface area contributed by atoms with Crippen molar-refractivity contribution >= 4 is 5.91 Å². The van der Waals surface area contributed by atoms with Gasteiger partial charge in [-0.1, -0.05) is 6.07 Å². The molecule has 1 aromatic carbocycles. The van der Waals surface area contributed by atoms with Gasteiger partial charge in [0.25, 0.3) is 5.91 Å². The fourth-order valence-electron chi connectivity index (χ4n) is 1.66. The number of ether oxygens (including phenoxy) is 1. The van der Waals surface area contributed by atoms with Crippen LogP contribution in [0.5, 0.6) is 5.75 Å². The Kier molecular flexibility index (Phi) is 4.97. The van der Waals surface area contributed by atoms with Crippen LogP contribution in [-0.4, -0.2) is 37.0 Å². The average Bonchev–Trinajstić information content (AvgIpc) is 2.34. The molecule has 0 unspecified atom stereocenters. The first kappa shape index (κ1) is 13.5. The van der Waals surface area contributed by atoms with E-state index < -0.39 is 0 Å². The molecule has 17 heavy (non-hydrogen) atoms. The van der Waals surface area contributed by atoms with Gasteiger partial charge < -0.3 is 15.4 Å². The second-order valence-electron chi connectivity index (χ2n) is 4.11. The summed E-state index contributed by atoms with van der Waals surface area (Å²) < 4.78 is 5.11. The Morgan fingerprint density at radius 3 is 2.71 bits per heavy atom. The molecule has 0 saturated carbocycles. The van der Waals surface area contributed by atoms with Gasteiger partial charge in [0.2, 0.25) is 0 Å². The van der Waals surface area contributed by atoms with Gasteiger partial charge in [0.1, 0.15) is 5.75 Å². The lowest BCUT2D eigenvalue weighted by Crippen LogP contribution is -2.40. The molecule has 0 heterocycles. The highest BCUT2D eigenvalue weighted by atomic mass is 16.5. The lowest BCUT2D eigenvalue weighted by atomic mass is 10.1. The number of carbonyl (C=O) groups excluding carboxylic acids is 1. The Balaban J connectivity index is 2.92. The van der Waals surface area contributed by atoms with Crippen molar-refractivity contribution in [3.63, 3.8) is 0 Å². The molecule has 1 aromatic rings. The highest BCUT2D eigenvalue weighted by Gasteiger charge is 2.18. The predicted octanol–water partition coefficient (Wildman–Crippen LogP) is 1.50. The van der Waals surface area contributed by atoms with E-state index in [0.717, 1.165) is 0 Å². The maximum absolute atomic E-state index is 12.3. The molecule has 0 aliphatic rings. The Morgan fingerprint density at radius 1 is 1.47 bits per heavy atom. The van der Waals surface area contributed by atoms with Crippen LogP contribution in [0.15, 0.2) is 24.3 Å². The van der Waals surface area contributed by atoms with Crippen LogP contribution >= 0.6 is 0 Å². The zero-order valence-corrected chi connectivity index (χ0v) is 10.6. The van der Waals surface area contributed by atoms with Crippen LogP contribution < -0.4 is 10.5 Å². The van der Waals surface area contributed by atoms with Gasteiger partial charge in [-0.15, -0.1) is 0 Å². The van der Waals surface area contributed by atoms with Gasteiger partial charge in [0.15, 0.2) is 0 Å². The van der Waals surface area contributed by atoms with Gasteiger partial charge in [0.05, 0.1) is 7.11 Å². The molecular formula is C13H20N2O2. The molecule has 0 aliphatic carbocycles. The van der Waals surface area contributed by atoms with E-state index in [4.69, 9.17) is 10.5 Å². The molecule has 1 amide bonds. The molecule has 0 spiro atoms. The fraction of sp³-hybridized carbons (Fsp3) is 0.462. The van der Waals surface area contributed by atoms with Gasteiger partial charge in [0, 0.05) is 24.7 Å². The summed E-state index contributed by atoms with van der Waals surface area (Å²) in [6.07, 6.45) is 0. The lowest BCUT2D eigenvalue weighted by Gasteiger charge is -2.26. The minimum Gasteiger partial charge on any atom is -0.497 e. The maximum atomic E-state index is 12.3. The van der Waals surface area contributed by atoms with Gasteiger partial charge in [-0.3, -0.25) is 4.79 Å². The standard InChI is InChI=1S/C13H20N2O2/c1-10(2)15(8-7-14)13(16)11-5-4-6-12(9-11)17-3/h4-6,9-10H,7-8,14H2,1-3H3. The predicted molar refractivity (Wildman–Crippen MR) is 68.2 cm³/mol. The number of rotatable bonds is 5. The second-order valence-corrected chi connectivity index (χ2v) is 4.11. The van der Waals surface area contributed by atoms with Crippen molar-refractivity contribution < 1.29 is 9.53 Å². The van der Waals surface area contributed by atoms with Crippen molar-refractivity contribution in [3.05, 3.63) is 29.8 Å². The van der Waals surface area contributed by atoms with Crippen molar-refractivity contribution in [1.82, 2.24) is 4.90 Å². The number of nitrogens with zero attached hydrogens (tertiary/aromatic N) is 1. The van der Waals surface area contributed by atoms with E-state index in [1.54, 1.807) is 24.1 Å². The van der Waals surface area contributed by atoms with Crippen molar-refractivity contribution in [2.75, 3.05) is 20.2 Å². The van der Waals surface area contributed by atoms with Crippen LogP contribution in [0.2, 0.25) is 0 Å². The highest BCUT2D eigenvalue weighted by Crippen LogP contribution is 2.15. The SMILES string of the molecule is COc1cccc(C(=O)N(CCN)C(C)C)c1. The highest BCUT2D eigenvalue weighted by molar-refractivity contribution is 5.94. The van der Waals surface area contributed by atoms with Gasteiger partial charge in [-0.2, -0.15) is 0 Å².